The molecule has 0 heterocycles. The van der Waals surface area contributed by atoms with Crippen LogP contribution in [0.3, 0.4) is 0 Å². The molecule has 0 aliphatic heterocycles. The second-order valence-electron chi connectivity index (χ2n) is 4.53. The lowest BCUT2D eigenvalue weighted by Crippen LogP contribution is -2.40. The molecule has 1 atom stereocenters. The number of carbonyl (C=O) groups excluding carboxylic acids is 1. The summed E-state index contributed by atoms with van der Waals surface area (Å²) in [5.41, 5.74) is 0.627. The summed E-state index contributed by atoms with van der Waals surface area (Å²) >= 11 is 3.33. The molecule has 0 fully saturated rings. The summed E-state index contributed by atoms with van der Waals surface area (Å²) in [6.07, 6.45) is 0.683. The third-order valence-electron chi connectivity index (χ3n) is 2.83. The second-order valence-corrected chi connectivity index (χ2v) is 5.39. The summed E-state index contributed by atoms with van der Waals surface area (Å²) in [5, 5.41) is 17.7. The van der Waals surface area contributed by atoms with Crippen LogP contribution in [0.4, 0.5) is 5.69 Å². The summed E-state index contributed by atoms with van der Waals surface area (Å²) in [6.45, 7) is 1.34. The Bertz CT molecular complexity index is 482. The number of hydrogen-bond acceptors (Lipinski definition) is 4. The number of carboxylic acid groups (broad SMARTS) is 1. The van der Waals surface area contributed by atoms with E-state index in [1.54, 1.807) is 18.2 Å². The Morgan fingerprint density at radius 1 is 1.29 bits per heavy atom. The molecule has 21 heavy (non-hydrogen) atoms. The Labute approximate surface area is 132 Å². The quantitative estimate of drug-likeness (QED) is 0.502. The van der Waals surface area contributed by atoms with E-state index < -0.39 is 12.0 Å². The molecule has 116 valence electrons. The molecule has 1 aromatic carbocycles. The molecular formula is C14H20BrN3O3. The van der Waals surface area contributed by atoms with Crippen LogP contribution in [0.2, 0.25) is 0 Å². The van der Waals surface area contributed by atoms with Gasteiger partial charge in [-0.1, -0.05) is 12.1 Å². The van der Waals surface area contributed by atoms with Gasteiger partial charge in [-0.3, -0.25) is 9.59 Å². The van der Waals surface area contributed by atoms with E-state index in [9.17, 15) is 9.59 Å². The fraction of sp³-hybridized carbons (Fsp3) is 0.429. The van der Waals surface area contributed by atoms with Crippen LogP contribution in [0.5, 0.6) is 0 Å². The maximum atomic E-state index is 11.9. The van der Waals surface area contributed by atoms with Crippen LogP contribution >= 0.6 is 15.9 Å². The van der Waals surface area contributed by atoms with E-state index in [1.807, 2.05) is 13.1 Å². The maximum absolute atomic E-state index is 11.9. The Morgan fingerprint density at radius 2 is 2.00 bits per heavy atom. The van der Waals surface area contributed by atoms with Crippen LogP contribution in [0, 0.1) is 0 Å². The first-order valence-electron chi connectivity index (χ1n) is 6.69. The zero-order valence-corrected chi connectivity index (χ0v) is 13.4. The molecule has 0 spiro atoms. The average Bonchev–Trinajstić information content (AvgIpc) is 2.44. The van der Waals surface area contributed by atoms with Gasteiger partial charge in [0.2, 0.25) is 5.91 Å². The Hall–Kier alpha value is -1.44. The summed E-state index contributed by atoms with van der Waals surface area (Å²) in [7, 11) is 1.83. The molecule has 0 aliphatic carbocycles. The summed E-state index contributed by atoms with van der Waals surface area (Å²) < 4.78 is 0.757. The molecule has 0 radical (unpaired) electrons. The van der Waals surface area contributed by atoms with Gasteiger partial charge in [-0.15, -0.1) is 0 Å². The van der Waals surface area contributed by atoms with Crippen molar-refractivity contribution in [3.05, 3.63) is 28.7 Å². The predicted molar refractivity (Wildman–Crippen MR) is 85.4 cm³/mol. The SMILES string of the molecule is CNCCCN[C@H](CC(=O)Nc1ccccc1Br)C(=O)O. The van der Waals surface area contributed by atoms with Crippen LogP contribution in [-0.2, 0) is 9.59 Å². The van der Waals surface area contributed by atoms with Crippen LogP contribution in [-0.4, -0.2) is 43.2 Å². The number of halogens is 1. The fourth-order valence-electron chi connectivity index (χ4n) is 1.74. The maximum Gasteiger partial charge on any atom is 0.321 e. The van der Waals surface area contributed by atoms with Crippen molar-refractivity contribution < 1.29 is 14.7 Å². The first-order valence-corrected chi connectivity index (χ1v) is 7.49. The topological polar surface area (TPSA) is 90.5 Å². The van der Waals surface area contributed by atoms with Gasteiger partial charge in [0.15, 0.2) is 0 Å². The smallest absolute Gasteiger partial charge is 0.321 e. The molecule has 1 amide bonds. The zero-order valence-electron chi connectivity index (χ0n) is 11.9. The number of carbonyl (C=O) groups is 2. The summed E-state index contributed by atoms with van der Waals surface area (Å²) in [5.74, 6) is -1.36. The van der Waals surface area contributed by atoms with Gasteiger partial charge in [0.1, 0.15) is 6.04 Å². The zero-order chi connectivity index (χ0) is 15.7. The lowest BCUT2D eigenvalue weighted by atomic mass is 10.2. The number of benzene rings is 1. The van der Waals surface area contributed by atoms with Crippen LogP contribution in [0.15, 0.2) is 28.7 Å². The van der Waals surface area contributed by atoms with E-state index in [4.69, 9.17) is 5.11 Å². The van der Waals surface area contributed by atoms with Gasteiger partial charge in [0, 0.05) is 4.47 Å². The number of rotatable bonds is 9. The van der Waals surface area contributed by atoms with E-state index in [-0.39, 0.29) is 12.3 Å². The molecule has 0 aliphatic rings. The third-order valence-corrected chi connectivity index (χ3v) is 3.52. The number of para-hydroxylation sites is 1. The highest BCUT2D eigenvalue weighted by Crippen LogP contribution is 2.21. The van der Waals surface area contributed by atoms with Gasteiger partial charge in [-0.2, -0.15) is 0 Å². The van der Waals surface area contributed by atoms with Crippen LogP contribution in [0.1, 0.15) is 12.8 Å². The van der Waals surface area contributed by atoms with E-state index >= 15 is 0 Å². The minimum Gasteiger partial charge on any atom is -0.480 e. The van der Waals surface area contributed by atoms with Crippen molar-refractivity contribution in [1.29, 1.82) is 0 Å². The molecule has 0 saturated carbocycles. The van der Waals surface area contributed by atoms with Crippen molar-refractivity contribution in [2.24, 2.45) is 0 Å². The van der Waals surface area contributed by atoms with Gasteiger partial charge in [-0.25, -0.2) is 0 Å². The number of nitrogens with one attached hydrogen (secondary N) is 3. The van der Waals surface area contributed by atoms with Crippen molar-refractivity contribution >= 4 is 33.5 Å². The standard InChI is InChI=1S/C14H20BrN3O3/c1-16-7-4-8-17-12(14(20)21)9-13(19)18-11-6-3-2-5-10(11)15/h2-3,5-6,12,16-17H,4,7-9H2,1H3,(H,18,19)(H,20,21)/t12-/m1/s1. The number of hydrogen-bond donors (Lipinski definition) is 4. The van der Waals surface area contributed by atoms with Crippen LogP contribution < -0.4 is 16.0 Å². The highest BCUT2D eigenvalue weighted by molar-refractivity contribution is 9.10. The first kappa shape index (κ1) is 17.6. The van der Waals surface area contributed by atoms with Crippen LogP contribution in [0.25, 0.3) is 0 Å². The molecule has 7 heteroatoms. The van der Waals surface area contributed by atoms with Gasteiger partial charge < -0.3 is 21.1 Å². The van der Waals surface area contributed by atoms with Crippen molar-refractivity contribution in [3.8, 4) is 0 Å². The van der Waals surface area contributed by atoms with E-state index in [0.717, 1.165) is 17.4 Å². The molecule has 1 rings (SSSR count). The highest BCUT2D eigenvalue weighted by atomic mass is 79.9. The Balaban J connectivity index is 2.49. The molecule has 0 aromatic heterocycles. The van der Waals surface area contributed by atoms with Gasteiger partial charge in [-0.05, 0) is 54.6 Å². The normalized spacial score (nSPS) is 11.9. The Morgan fingerprint density at radius 3 is 2.62 bits per heavy atom. The molecule has 0 saturated heterocycles. The van der Waals surface area contributed by atoms with Crippen molar-refractivity contribution in [2.45, 2.75) is 18.9 Å². The summed E-state index contributed by atoms with van der Waals surface area (Å²) in [4.78, 5) is 23.1. The number of amides is 1. The number of aliphatic carboxylic acids is 1. The average molecular weight is 358 g/mol. The minimum atomic E-state index is -1.03. The van der Waals surface area contributed by atoms with Crippen molar-refractivity contribution in [1.82, 2.24) is 10.6 Å². The van der Waals surface area contributed by atoms with Gasteiger partial charge in [0.25, 0.3) is 0 Å². The lowest BCUT2D eigenvalue weighted by Gasteiger charge is -2.14. The first-order chi connectivity index (χ1) is 10.0. The van der Waals surface area contributed by atoms with Gasteiger partial charge >= 0.3 is 5.97 Å². The third kappa shape index (κ3) is 6.70. The van der Waals surface area contributed by atoms with E-state index in [2.05, 4.69) is 31.9 Å². The molecule has 6 nitrogen and oxygen atoms in total. The predicted octanol–water partition coefficient (Wildman–Crippen LogP) is 1.43. The lowest BCUT2D eigenvalue weighted by molar-refractivity contribution is -0.141. The summed E-state index contributed by atoms with van der Waals surface area (Å²) in [6, 6.07) is 6.30. The number of carboxylic acids is 1. The molecule has 0 bridgehead atoms. The largest absolute Gasteiger partial charge is 0.480 e. The molecule has 4 N–H and O–H groups in total. The second kappa shape index (κ2) is 9.49. The van der Waals surface area contributed by atoms with E-state index in [1.165, 1.54) is 0 Å². The number of anilines is 1. The molecule has 1 aromatic rings. The van der Waals surface area contributed by atoms with E-state index in [0.29, 0.717) is 12.2 Å². The highest BCUT2D eigenvalue weighted by Gasteiger charge is 2.20. The minimum absolute atomic E-state index is 0.115. The van der Waals surface area contributed by atoms with Crippen molar-refractivity contribution in [3.63, 3.8) is 0 Å². The molecule has 0 unspecified atom stereocenters. The van der Waals surface area contributed by atoms with Gasteiger partial charge in [0.05, 0.1) is 12.1 Å². The Kier molecular flexibility index (Phi) is 7.96. The fourth-order valence-corrected chi connectivity index (χ4v) is 2.12. The molecular weight excluding hydrogens is 338 g/mol. The van der Waals surface area contributed by atoms with Crippen molar-refractivity contribution in [2.75, 3.05) is 25.5 Å². The monoisotopic (exact) mass is 357 g/mol.